The molecule has 0 atom stereocenters. The van der Waals surface area contributed by atoms with Crippen LogP contribution in [0.25, 0.3) is 21.0 Å². The second-order valence-electron chi connectivity index (χ2n) is 5.22. The molecule has 4 rings (SSSR count). The summed E-state index contributed by atoms with van der Waals surface area (Å²) in [6.45, 7) is 2.03. The average Bonchev–Trinajstić information content (AvgIpc) is 2.88. The van der Waals surface area contributed by atoms with Gasteiger partial charge in [-0.25, -0.2) is 4.98 Å². The molecular weight excluding hydrogens is 330 g/mol. The first kappa shape index (κ1) is 14.2. The number of fused-ring (bicyclic) bond motifs is 2. The van der Waals surface area contributed by atoms with Crippen molar-refractivity contribution >= 4 is 55.4 Å². The highest BCUT2D eigenvalue weighted by Crippen LogP contribution is 2.35. The number of aryl methyl sites for hydroxylation is 1. The molecule has 0 fully saturated rings. The van der Waals surface area contributed by atoms with Gasteiger partial charge in [0.15, 0.2) is 0 Å². The molecular formula is C17H12ClN3OS. The highest BCUT2D eigenvalue weighted by atomic mass is 35.5. The maximum atomic E-state index is 10.0. The molecule has 114 valence electrons. The topological polar surface area (TPSA) is 58.0 Å². The van der Waals surface area contributed by atoms with E-state index in [-0.39, 0.29) is 11.0 Å². The Balaban J connectivity index is 1.90. The minimum absolute atomic E-state index is 0.213. The minimum atomic E-state index is 0.213. The first-order valence-electron chi connectivity index (χ1n) is 7.03. The molecule has 0 aliphatic rings. The van der Waals surface area contributed by atoms with Crippen LogP contribution in [0.2, 0.25) is 5.28 Å². The number of anilines is 2. The van der Waals surface area contributed by atoms with E-state index in [1.807, 2.05) is 43.3 Å². The van der Waals surface area contributed by atoms with Gasteiger partial charge in [-0.15, -0.1) is 11.3 Å². The van der Waals surface area contributed by atoms with Crippen LogP contribution in [0.15, 0.2) is 42.5 Å². The summed E-state index contributed by atoms with van der Waals surface area (Å²) in [5, 5.41) is 16.2. The summed E-state index contributed by atoms with van der Waals surface area (Å²) in [6.07, 6.45) is 0. The van der Waals surface area contributed by atoms with E-state index in [2.05, 4.69) is 15.3 Å². The van der Waals surface area contributed by atoms with Gasteiger partial charge in [-0.2, -0.15) is 4.98 Å². The number of phenolic OH excluding ortho intramolecular Hbond substituents is 1. The predicted molar refractivity (Wildman–Crippen MR) is 96.1 cm³/mol. The fourth-order valence-electron chi connectivity index (χ4n) is 2.64. The Hall–Kier alpha value is -2.37. The molecule has 2 N–H and O–H groups in total. The standard InChI is InChI=1S/C17H12ClN3OS/c1-9-8-12-15(20-17(18)21-16(12)23-9)19-13-6-2-5-11-10(13)4-3-7-14(11)22/h2-8,22H,1H3,(H,19,20,21). The van der Waals surface area contributed by atoms with E-state index < -0.39 is 0 Å². The molecule has 0 aliphatic carbocycles. The summed E-state index contributed by atoms with van der Waals surface area (Å²) in [4.78, 5) is 10.6. The van der Waals surface area contributed by atoms with Crippen LogP contribution in [-0.2, 0) is 0 Å². The number of benzene rings is 2. The van der Waals surface area contributed by atoms with Gasteiger partial charge in [-0.05, 0) is 36.7 Å². The number of rotatable bonds is 2. The van der Waals surface area contributed by atoms with Gasteiger partial charge in [-0.3, -0.25) is 0 Å². The SMILES string of the molecule is Cc1cc2c(Nc3cccc4c(O)cccc34)nc(Cl)nc2s1. The Labute approximate surface area is 141 Å². The number of halogens is 1. The summed E-state index contributed by atoms with van der Waals surface area (Å²) >= 11 is 7.63. The number of thiophene rings is 1. The summed E-state index contributed by atoms with van der Waals surface area (Å²) < 4.78 is 0. The summed E-state index contributed by atoms with van der Waals surface area (Å²) in [5.41, 5.74) is 0.860. The second kappa shape index (κ2) is 5.37. The lowest BCUT2D eigenvalue weighted by atomic mass is 10.1. The number of hydrogen-bond acceptors (Lipinski definition) is 5. The minimum Gasteiger partial charge on any atom is -0.507 e. The van der Waals surface area contributed by atoms with Crippen molar-refractivity contribution in [1.82, 2.24) is 9.97 Å². The molecule has 0 spiro atoms. The fraction of sp³-hybridized carbons (Fsp3) is 0.0588. The zero-order valence-corrected chi connectivity index (χ0v) is 13.7. The molecule has 2 aromatic heterocycles. The molecule has 4 nitrogen and oxygen atoms in total. The number of nitrogens with zero attached hydrogens (tertiary/aromatic N) is 2. The van der Waals surface area contributed by atoms with E-state index in [9.17, 15) is 5.11 Å². The van der Waals surface area contributed by atoms with E-state index in [4.69, 9.17) is 11.6 Å². The van der Waals surface area contributed by atoms with Crippen molar-refractivity contribution in [3.05, 3.63) is 52.6 Å². The zero-order chi connectivity index (χ0) is 16.0. The smallest absolute Gasteiger partial charge is 0.225 e. The van der Waals surface area contributed by atoms with Gasteiger partial charge in [0.25, 0.3) is 0 Å². The molecule has 0 saturated carbocycles. The average molecular weight is 342 g/mol. The van der Waals surface area contributed by atoms with Gasteiger partial charge in [0.1, 0.15) is 16.4 Å². The van der Waals surface area contributed by atoms with Crippen LogP contribution in [0.3, 0.4) is 0 Å². The molecule has 0 amide bonds. The zero-order valence-electron chi connectivity index (χ0n) is 12.2. The van der Waals surface area contributed by atoms with Crippen LogP contribution >= 0.6 is 22.9 Å². The van der Waals surface area contributed by atoms with Crippen molar-refractivity contribution in [3.63, 3.8) is 0 Å². The Kier molecular flexibility index (Phi) is 3.32. The highest BCUT2D eigenvalue weighted by molar-refractivity contribution is 7.18. The maximum absolute atomic E-state index is 10.0. The molecule has 0 aliphatic heterocycles. The number of nitrogens with one attached hydrogen (secondary N) is 1. The number of phenols is 1. The molecule has 0 bridgehead atoms. The van der Waals surface area contributed by atoms with Crippen molar-refractivity contribution in [3.8, 4) is 5.75 Å². The molecule has 0 unspecified atom stereocenters. The molecule has 6 heteroatoms. The lowest BCUT2D eigenvalue weighted by molar-refractivity contribution is 0.481. The molecule has 0 saturated heterocycles. The van der Waals surface area contributed by atoms with Gasteiger partial charge in [0, 0.05) is 21.3 Å². The third-order valence-corrected chi connectivity index (χ3v) is 4.75. The van der Waals surface area contributed by atoms with Gasteiger partial charge >= 0.3 is 0 Å². The summed E-state index contributed by atoms with van der Waals surface area (Å²) in [7, 11) is 0. The van der Waals surface area contributed by atoms with Crippen LogP contribution in [-0.4, -0.2) is 15.1 Å². The maximum Gasteiger partial charge on any atom is 0.225 e. The largest absolute Gasteiger partial charge is 0.507 e. The Morgan fingerprint density at radius 3 is 2.70 bits per heavy atom. The Bertz CT molecular complexity index is 1040. The lowest BCUT2D eigenvalue weighted by Crippen LogP contribution is -1.96. The molecule has 2 aromatic carbocycles. The van der Waals surface area contributed by atoms with E-state index in [1.54, 1.807) is 17.4 Å². The second-order valence-corrected chi connectivity index (χ2v) is 6.79. The van der Waals surface area contributed by atoms with E-state index in [1.165, 1.54) is 0 Å². The van der Waals surface area contributed by atoms with Gasteiger partial charge < -0.3 is 10.4 Å². The summed E-state index contributed by atoms with van der Waals surface area (Å²) in [5.74, 6) is 0.920. The van der Waals surface area contributed by atoms with Crippen LogP contribution in [0.5, 0.6) is 5.75 Å². The number of aromatic hydroxyl groups is 1. The van der Waals surface area contributed by atoms with E-state index in [0.717, 1.165) is 31.6 Å². The van der Waals surface area contributed by atoms with Crippen molar-refractivity contribution in [2.24, 2.45) is 0 Å². The third-order valence-electron chi connectivity index (χ3n) is 3.64. The molecule has 4 aromatic rings. The number of hydrogen-bond donors (Lipinski definition) is 2. The van der Waals surface area contributed by atoms with Crippen LogP contribution in [0, 0.1) is 6.92 Å². The number of aromatic nitrogens is 2. The molecule has 2 heterocycles. The fourth-order valence-corrected chi connectivity index (χ4v) is 3.74. The monoisotopic (exact) mass is 341 g/mol. The Morgan fingerprint density at radius 1 is 1.04 bits per heavy atom. The van der Waals surface area contributed by atoms with Gasteiger partial charge in [-0.1, -0.05) is 24.3 Å². The van der Waals surface area contributed by atoms with Crippen molar-refractivity contribution in [2.45, 2.75) is 6.92 Å². The van der Waals surface area contributed by atoms with E-state index >= 15 is 0 Å². The normalized spacial score (nSPS) is 11.2. The third kappa shape index (κ3) is 2.48. The summed E-state index contributed by atoms with van der Waals surface area (Å²) in [6, 6.07) is 13.2. The first-order valence-corrected chi connectivity index (χ1v) is 8.23. The van der Waals surface area contributed by atoms with Crippen molar-refractivity contribution in [2.75, 3.05) is 5.32 Å². The quantitative estimate of drug-likeness (QED) is 0.488. The first-order chi connectivity index (χ1) is 11.1. The van der Waals surface area contributed by atoms with E-state index in [0.29, 0.717) is 5.82 Å². The van der Waals surface area contributed by atoms with Crippen LogP contribution < -0.4 is 5.32 Å². The Morgan fingerprint density at radius 2 is 1.83 bits per heavy atom. The highest BCUT2D eigenvalue weighted by Gasteiger charge is 2.11. The van der Waals surface area contributed by atoms with Gasteiger partial charge in [0.05, 0.1) is 5.39 Å². The van der Waals surface area contributed by atoms with Crippen molar-refractivity contribution in [1.29, 1.82) is 0 Å². The van der Waals surface area contributed by atoms with Crippen molar-refractivity contribution < 1.29 is 5.11 Å². The van der Waals surface area contributed by atoms with Crippen LogP contribution in [0.1, 0.15) is 4.88 Å². The van der Waals surface area contributed by atoms with Gasteiger partial charge in [0.2, 0.25) is 5.28 Å². The molecule has 23 heavy (non-hydrogen) atoms. The molecule has 0 radical (unpaired) electrons. The van der Waals surface area contributed by atoms with Crippen LogP contribution in [0.4, 0.5) is 11.5 Å². The lowest BCUT2D eigenvalue weighted by Gasteiger charge is -2.11. The predicted octanol–water partition coefficient (Wildman–Crippen LogP) is 5.26.